The lowest BCUT2D eigenvalue weighted by atomic mass is 10.1. The molecular weight excluding hydrogens is 676 g/mol. The first-order valence-electron chi connectivity index (χ1n) is 12.7. The Balaban J connectivity index is 0.00000462. The zero-order chi connectivity index (χ0) is 28.6. The summed E-state index contributed by atoms with van der Waals surface area (Å²) in [7, 11) is 0. The fourth-order valence-electron chi connectivity index (χ4n) is 4.11. The van der Waals surface area contributed by atoms with Gasteiger partial charge in [-0.3, -0.25) is 10.1 Å². The van der Waals surface area contributed by atoms with E-state index in [1.165, 1.54) is 12.1 Å². The van der Waals surface area contributed by atoms with Crippen LogP contribution < -0.4 is 26.3 Å². The maximum atomic E-state index is 11.3. The average Bonchev–Trinajstić information content (AvgIpc) is 3.35. The van der Waals surface area contributed by atoms with Crippen molar-refractivity contribution in [3.05, 3.63) is 120 Å². The number of unbranched alkanes of at least 4 members (excludes halogenated alkanes) is 1. The van der Waals surface area contributed by atoms with Gasteiger partial charge in [0.05, 0.1) is 24.2 Å². The van der Waals surface area contributed by atoms with Gasteiger partial charge in [-0.05, 0) is 42.3 Å². The maximum absolute atomic E-state index is 11.3. The first-order chi connectivity index (χ1) is 19.2. The Kier molecular flexibility index (Phi) is 12.8. The Morgan fingerprint density at radius 3 is 2.37 bits per heavy atom. The van der Waals surface area contributed by atoms with E-state index in [1.54, 1.807) is 30.3 Å². The molecule has 7 nitrogen and oxygen atoms in total. The quantitative estimate of drug-likeness (QED) is 0.0800. The van der Waals surface area contributed by atoms with Crippen molar-refractivity contribution < 1.29 is 35.9 Å². The number of nitro benzene ring substituents is 1. The van der Waals surface area contributed by atoms with Crippen molar-refractivity contribution in [3.63, 3.8) is 0 Å². The van der Waals surface area contributed by atoms with Crippen molar-refractivity contribution in [2.75, 3.05) is 6.61 Å². The standard InChI is InChI=1S/C29H28Cl4N3O4.BrH/c1-2-3-12-39-28-15-24(36(37)38)8-5-20(28)16-34-10-11-35(19-34)17-29(25-9-7-23(31)14-27(25)33)40-18-21-4-6-22(30)13-26(21)32;/h4-11,13-15,19,29H,2-3,12,16-18H2,1H3;1H/q+1;/p-1. The van der Waals surface area contributed by atoms with Crippen LogP contribution in [0.3, 0.4) is 0 Å². The summed E-state index contributed by atoms with van der Waals surface area (Å²) in [6.45, 7) is 3.74. The number of non-ortho nitro benzene ring substituents is 1. The van der Waals surface area contributed by atoms with E-state index in [4.69, 9.17) is 55.9 Å². The largest absolute Gasteiger partial charge is 1.00 e. The molecule has 218 valence electrons. The lowest BCUT2D eigenvalue weighted by molar-refractivity contribution is -0.687. The van der Waals surface area contributed by atoms with Gasteiger partial charge in [0, 0.05) is 37.3 Å². The summed E-state index contributed by atoms with van der Waals surface area (Å²) < 4.78 is 16.2. The fourth-order valence-corrected chi connectivity index (χ4v) is 5.10. The van der Waals surface area contributed by atoms with Gasteiger partial charge in [-0.1, -0.05) is 71.9 Å². The first kappa shape index (κ1) is 33.2. The topological polar surface area (TPSA) is 70.4 Å². The van der Waals surface area contributed by atoms with E-state index < -0.39 is 11.0 Å². The molecule has 0 aliphatic heterocycles. The molecule has 0 amide bonds. The molecule has 3 aromatic carbocycles. The molecule has 1 heterocycles. The highest BCUT2D eigenvalue weighted by molar-refractivity contribution is 6.35. The number of hydrogen-bond acceptors (Lipinski definition) is 4. The minimum atomic E-state index is -0.417. The monoisotopic (exact) mass is 701 g/mol. The average molecular weight is 704 g/mol. The molecule has 1 unspecified atom stereocenters. The zero-order valence-corrected chi connectivity index (χ0v) is 26.7. The van der Waals surface area contributed by atoms with Gasteiger partial charge in [-0.2, -0.15) is 0 Å². The van der Waals surface area contributed by atoms with E-state index in [0.29, 0.717) is 45.5 Å². The van der Waals surface area contributed by atoms with Crippen LogP contribution in [0.2, 0.25) is 20.1 Å². The lowest BCUT2D eigenvalue weighted by Gasteiger charge is -2.19. The van der Waals surface area contributed by atoms with E-state index >= 15 is 0 Å². The number of benzene rings is 3. The van der Waals surface area contributed by atoms with Crippen LogP contribution in [0.15, 0.2) is 73.3 Å². The molecule has 1 aromatic heterocycles. The van der Waals surface area contributed by atoms with Gasteiger partial charge in [0.25, 0.3) is 5.69 Å². The third kappa shape index (κ3) is 9.33. The fraction of sp³-hybridized carbons (Fsp3) is 0.276. The second kappa shape index (κ2) is 15.8. The molecule has 12 heteroatoms. The van der Waals surface area contributed by atoms with E-state index in [9.17, 15) is 10.1 Å². The van der Waals surface area contributed by atoms with Crippen molar-refractivity contribution in [2.45, 2.75) is 45.6 Å². The second-order valence-corrected chi connectivity index (χ2v) is 10.9. The molecule has 0 spiro atoms. The van der Waals surface area contributed by atoms with Gasteiger partial charge < -0.3 is 26.5 Å². The minimum Gasteiger partial charge on any atom is -1.00 e. The number of aromatic nitrogens is 2. The van der Waals surface area contributed by atoms with E-state index in [2.05, 4.69) is 6.92 Å². The molecule has 0 saturated heterocycles. The maximum Gasteiger partial charge on any atom is 0.273 e. The van der Waals surface area contributed by atoms with E-state index in [1.807, 2.05) is 40.0 Å². The third-order valence-corrected chi connectivity index (χ3v) is 7.41. The number of nitro groups is 1. The summed E-state index contributed by atoms with van der Waals surface area (Å²) in [6, 6.07) is 15.3. The number of ether oxygens (including phenoxy) is 2. The highest BCUT2D eigenvalue weighted by atomic mass is 79.9. The number of halogens is 5. The van der Waals surface area contributed by atoms with E-state index in [0.717, 1.165) is 29.5 Å². The van der Waals surface area contributed by atoms with Crippen LogP contribution in [0, 0.1) is 10.1 Å². The summed E-state index contributed by atoms with van der Waals surface area (Å²) >= 11 is 25.1. The molecule has 4 rings (SSSR count). The summed E-state index contributed by atoms with van der Waals surface area (Å²) in [5.41, 5.74) is 2.43. The SMILES string of the molecule is CCCCOc1cc([N+](=O)[O-])ccc1C[n+]1ccn(CC(OCc2ccc(Cl)cc2Cl)c2ccc(Cl)cc2Cl)c1.[Br-]. The summed E-state index contributed by atoms with van der Waals surface area (Å²) in [6.07, 6.45) is 7.21. The molecule has 41 heavy (non-hydrogen) atoms. The molecule has 0 fully saturated rings. The molecular formula is C29H28BrCl4N3O4. The Hall–Kier alpha value is -2.33. The van der Waals surface area contributed by atoms with Crippen LogP contribution in [0.25, 0.3) is 0 Å². The Labute approximate surface area is 269 Å². The Bertz CT molecular complexity index is 1480. The smallest absolute Gasteiger partial charge is 0.273 e. The van der Waals surface area contributed by atoms with Crippen LogP contribution in [-0.2, 0) is 24.4 Å². The zero-order valence-electron chi connectivity index (χ0n) is 22.1. The Morgan fingerprint density at radius 1 is 0.976 bits per heavy atom. The number of hydrogen-bond donors (Lipinski definition) is 0. The predicted octanol–water partition coefficient (Wildman–Crippen LogP) is 5.49. The molecule has 0 radical (unpaired) electrons. The van der Waals surface area contributed by atoms with Crippen LogP contribution in [-0.4, -0.2) is 16.1 Å². The summed E-state index contributed by atoms with van der Waals surface area (Å²) in [5.74, 6) is 0.511. The van der Waals surface area contributed by atoms with Crippen molar-refractivity contribution in [1.29, 1.82) is 0 Å². The highest BCUT2D eigenvalue weighted by Gasteiger charge is 2.21. The van der Waals surface area contributed by atoms with Gasteiger partial charge in [-0.25, -0.2) is 9.13 Å². The summed E-state index contributed by atoms with van der Waals surface area (Å²) in [5, 5.41) is 13.4. The molecule has 0 aliphatic rings. The second-order valence-electron chi connectivity index (χ2n) is 9.24. The van der Waals surface area contributed by atoms with Crippen LogP contribution in [0.1, 0.15) is 42.6 Å². The molecule has 0 saturated carbocycles. The van der Waals surface area contributed by atoms with Crippen LogP contribution in [0.5, 0.6) is 5.75 Å². The summed E-state index contributed by atoms with van der Waals surface area (Å²) in [4.78, 5) is 10.9. The molecule has 1 atom stereocenters. The van der Waals surface area contributed by atoms with Crippen LogP contribution >= 0.6 is 46.4 Å². The number of nitrogens with zero attached hydrogens (tertiary/aromatic N) is 3. The van der Waals surface area contributed by atoms with Gasteiger partial charge in [0.1, 0.15) is 37.3 Å². The predicted molar refractivity (Wildman–Crippen MR) is 158 cm³/mol. The number of rotatable bonds is 13. The van der Waals surface area contributed by atoms with Crippen molar-refractivity contribution in [3.8, 4) is 5.75 Å². The molecule has 4 aromatic rings. The van der Waals surface area contributed by atoms with Crippen molar-refractivity contribution in [1.82, 2.24) is 4.57 Å². The first-order valence-corrected chi connectivity index (χ1v) is 14.2. The third-order valence-electron chi connectivity index (χ3n) is 6.26. The van der Waals surface area contributed by atoms with Gasteiger partial charge in [-0.15, -0.1) is 0 Å². The van der Waals surface area contributed by atoms with Gasteiger partial charge in [0.2, 0.25) is 6.33 Å². The van der Waals surface area contributed by atoms with Crippen LogP contribution in [0.4, 0.5) is 5.69 Å². The molecule has 0 N–H and O–H groups in total. The Morgan fingerprint density at radius 2 is 1.68 bits per heavy atom. The van der Waals surface area contributed by atoms with Gasteiger partial charge in [0.15, 0.2) is 0 Å². The van der Waals surface area contributed by atoms with E-state index in [-0.39, 0.29) is 29.3 Å². The molecule has 0 aliphatic carbocycles. The molecule has 0 bridgehead atoms. The normalized spacial score (nSPS) is 11.6. The van der Waals surface area contributed by atoms with Crippen molar-refractivity contribution in [2.24, 2.45) is 0 Å². The highest BCUT2D eigenvalue weighted by Crippen LogP contribution is 2.32. The lowest BCUT2D eigenvalue weighted by Crippen LogP contribution is -3.00. The minimum absolute atomic E-state index is 0. The van der Waals surface area contributed by atoms with Crippen molar-refractivity contribution >= 4 is 52.1 Å². The number of imidazole rings is 1. The van der Waals surface area contributed by atoms with Gasteiger partial charge >= 0.3 is 0 Å².